The van der Waals surface area contributed by atoms with Crippen molar-refractivity contribution >= 4 is 51.5 Å². The van der Waals surface area contributed by atoms with E-state index in [2.05, 4.69) is 16.0 Å². The predicted octanol–water partition coefficient (Wildman–Crippen LogP) is 6.60. The van der Waals surface area contributed by atoms with Crippen LogP contribution in [0, 0.1) is 0 Å². The fourth-order valence-electron chi connectivity index (χ4n) is 3.62. The van der Waals surface area contributed by atoms with E-state index in [0.717, 1.165) is 53.0 Å². The summed E-state index contributed by atoms with van der Waals surface area (Å²) in [5.41, 5.74) is 2.96. The van der Waals surface area contributed by atoms with Gasteiger partial charge in [0.2, 0.25) is 0 Å². The molecule has 31 heavy (non-hydrogen) atoms. The minimum absolute atomic E-state index is 0.00779. The van der Waals surface area contributed by atoms with E-state index in [1.165, 1.54) is 11.3 Å². The lowest BCUT2D eigenvalue weighted by Crippen LogP contribution is -2.23. The van der Waals surface area contributed by atoms with Gasteiger partial charge in [0.25, 0.3) is 5.91 Å². The number of para-hydroxylation sites is 2. The first-order chi connectivity index (χ1) is 15.1. The van der Waals surface area contributed by atoms with Gasteiger partial charge in [-0.2, -0.15) is 0 Å². The van der Waals surface area contributed by atoms with E-state index in [0.29, 0.717) is 23.1 Å². The van der Waals surface area contributed by atoms with E-state index in [-0.39, 0.29) is 5.91 Å². The lowest BCUT2D eigenvalue weighted by molar-refractivity contribution is 0.0957. The molecule has 2 heterocycles. The van der Waals surface area contributed by atoms with Crippen molar-refractivity contribution in [3.8, 4) is 0 Å². The van der Waals surface area contributed by atoms with Crippen LogP contribution in [0.4, 0.5) is 0 Å². The SMILES string of the molecule is O=C(NCCCCCc1nc2ccccc2n1Cc1c(Cl)cccc1Cl)c1cccs1. The monoisotopic (exact) mass is 471 g/mol. The molecule has 4 nitrogen and oxygen atoms in total. The molecule has 0 saturated heterocycles. The second-order valence-electron chi connectivity index (χ2n) is 7.35. The van der Waals surface area contributed by atoms with E-state index >= 15 is 0 Å². The van der Waals surface area contributed by atoms with E-state index in [4.69, 9.17) is 28.2 Å². The molecule has 0 spiro atoms. The van der Waals surface area contributed by atoms with Gasteiger partial charge in [0.05, 0.1) is 22.5 Å². The van der Waals surface area contributed by atoms with E-state index < -0.39 is 0 Å². The van der Waals surface area contributed by atoms with Gasteiger partial charge in [0, 0.05) is 28.6 Å². The fraction of sp³-hybridized carbons (Fsp3) is 0.250. The maximum absolute atomic E-state index is 12.0. The van der Waals surface area contributed by atoms with Crippen LogP contribution in [0.3, 0.4) is 0 Å². The number of aromatic nitrogens is 2. The smallest absolute Gasteiger partial charge is 0.261 e. The predicted molar refractivity (Wildman–Crippen MR) is 130 cm³/mol. The lowest BCUT2D eigenvalue weighted by Gasteiger charge is -2.12. The van der Waals surface area contributed by atoms with Crippen molar-refractivity contribution in [1.29, 1.82) is 0 Å². The van der Waals surface area contributed by atoms with Gasteiger partial charge in [-0.3, -0.25) is 4.79 Å². The number of halogens is 2. The van der Waals surface area contributed by atoms with Crippen molar-refractivity contribution in [2.75, 3.05) is 6.54 Å². The number of imidazole rings is 1. The third kappa shape index (κ3) is 5.29. The second-order valence-corrected chi connectivity index (χ2v) is 9.11. The number of aryl methyl sites for hydroxylation is 1. The average Bonchev–Trinajstić information content (AvgIpc) is 3.42. The molecule has 4 aromatic rings. The van der Waals surface area contributed by atoms with Crippen LogP contribution < -0.4 is 5.32 Å². The first-order valence-corrected chi connectivity index (χ1v) is 12.0. The fourth-order valence-corrected chi connectivity index (χ4v) is 4.77. The zero-order valence-corrected chi connectivity index (χ0v) is 19.3. The van der Waals surface area contributed by atoms with Gasteiger partial charge >= 0.3 is 0 Å². The number of benzene rings is 2. The topological polar surface area (TPSA) is 46.9 Å². The highest BCUT2D eigenvalue weighted by Crippen LogP contribution is 2.28. The highest BCUT2D eigenvalue weighted by molar-refractivity contribution is 7.12. The molecule has 0 saturated carbocycles. The summed E-state index contributed by atoms with van der Waals surface area (Å²) in [4.78, 5) is 17.6. The number of rotatable bonds is 9. The van der Waals surface area contributed by atoms with Gasteiger partial charge in [-0.05, 0) is 48.6 Å². The van der Waals surface area contributed by atoms with E-state index in [1.54, 1.807) is 0 Å². The first kappa shape index (κ1) is 21.9. The van der Waals surface area contributed by atoms with Crippen molar-refractivity contribution in [2.24, 2.45) is 0 Å². The third-order valence-corrected chi connectivity index (χ3v) is 6.80. The number of nitrogens with one attached hydrogen (secondary N) is 1. The Bertz CT molecular complexity index is 1150. The molecule has 2 aromatic heterocycles. The third-order valence-electron chi connectivity index (χ3n) is 5.22. The number of amides is 1. The summed E-state index contributed by atoms with van der Waals surface area (Å²) in [7, 11) is 0. The number of hydrogen-bond donors (Lipinski definition) is 1. The molecular weight excluding hydrogens is 449 g/mol. The van der Waals surface area contributed by atoms with Crippen molar-refractivity contribution in [2.45, 2.75) is 32.2 Å². The molecule has 160 valence electrons. The van der Waals surface area contributed by atoms with Crippen LogP contribution in [0.5, 0.6) is 0 Å². The van der Waals surface area contributed by atoms with Crippen LogP contribution in [-0.4, -0.2) is 22.0 Å². The van der Waals surface area contributed by atoms with Gasteiger partial charge in [-0.1, -0.05) is 53.9 Å². The van der Waals surface area contributed by atoms with Gasteiger partial charge in [-0.15, -0.1) is 11.3 Å². The van der Waals surface area contributed by atoms with Gasteiger partial charge in [0.1, 0.15) is 5.82 Å². The Morgan fingerprint density at radius 2 is 1.77 bits per heavy atom. The summed E-state index contributed by atoms with van der Waals surface area (Å²) in [6.07, 6.45) is 3.80. The second kappa shape index (κ2) is 10.3. The minimum Gasteiger partial charge on any atom is -0.351 e. The summed E-state index contributed by atoms with van der Waals surface area (Å²) >= 11 is 14.3. The zero-order chi connectivity index (χ0) is 21.6. The summed E-state index contributed by atoms with van der Waals surface area (Å²) in [6.45, 7) is 1.27. The van der Waals surface area contributed by atoms with Crippen LogP contribution in [0.2, 0.25) is 10.0 Å². The normalized spacial score (nSPS) is 11.2. The molecule has 0 atom stereocenters. The highest BCUT2D eigenvalue weighted by Gasteiger charge is 2.14. The summed E-state index contributed by atoms with van der Waals surface area (Å²) in [5, 5.41) is 6.23. The molecule has 0 fully saturated rings. The van der Waals surface area contributed by atoms with Crippen molar-refractivity contribution in [3.05, 3.63) is 86.3 Å². The van der Waals surface area contributed by atoms with Crippen LogP contribution >= 0.6 is 34.5 Å². The van der Waals surface area contributed by atoms with Crippen LogP contribution in [-0.2, 0) is 13.0 Å². The Hall–Kier alpha value is -2.34. The Morgan fingerprint density at radius 1 is 0.968 bits per heavy atom. The summed E-state index contributed by atoms with van der Waals surface area (Å²) < 4.78 is 2.21. The summed E-state index contributed by atoms with van der Waals surface area (Å²) in [6, 6.07) is 17.5. The Kier molecular flexibility index (Phi) is 7.28. The number of hydrogen-bond acceptors (Lipinski definition) is 3. The molecule has 0 aliphatic carbocycles. The molecule has 0 unspecified atom stereocenters. The lowest BCUT2D eigenvalue weighted by atomic mass is 10.1. The standard InChI is InChI=1S/C24H23Cl2N3OS/c25-18-8-6-9-19(26)17(18)16-29-21-11-4-3-10-20(21)28-23(29)13-2-1-5-14-27-24(30)22-12-7-15-31-22/h3-4,6-12,15H,1-2,5,13-14,16H2,(H,27,30). The molecule has 7 heteroatoms. The van der Waals surface area contributed by atoms with Gasteiger partial charge < -0.3 is 9.88 Å². The number of unbranched alkanes of at least 4 members (excludes halogenated alkanes) is 2. The molecule has 0 aliphatic rings. The molecular formula is C24H23Cl2N3OS. The Labute approximate surface area is 195 Å². The number of fused-ring (bicyclic) bond motifs is 1. The van der Waals surface area contributed by atoms with Crippen LogP contribution in [0.25, 0.3) is 11.0 Å². The molecule has 1 amide bonds. The zero-order valence-electron chi connectivity index (χ0n) is 17.0. The molecule has 0 aliphatic heterocycles. The molecule has 4 rings (SSSR count). The van der Waals surface area contributed by atoms with Crippen LogP contribution in [0.15, 0.2) is 60.0 Å². The molecule has 1 N–H and O–H groups in total. The number of thiophene rings is 1. The molecule has 0 radical (unpaired) electrons. The Balaban J connectivity index is 1.38. The highest BCUT2D eigenvalue weighted by atomic mass is 35.5. The maximum Gasteiger partial charge on any atom is 0.261 e. The molecule has 2 aromatic carbocycles. The number of carbonyl (C=O) groups excluding carboxylic acids is 1. The minimum atomic E-state index is 0.00779. The van der Waals surface area contributed by atoms with E-state index in [9.17, 15) is 4.79 Å². The first-order valence-electron chi connectivity index (χ1n) is 10.3. The Morgan fingerprint density at radius 3 is 2.55 bits per heavy atom. The number of carbonyl (C=O) groups is 1. The maximum atomic E-state index is 12.0. The summed E-state index contributed by atoms with van der Waals surface area (Å²) in [5.74, 6) is 1.04. The van der Waals surface area contributed by atoms with Crippen molar-refractivity contribution in [1.82, 2.24) is 14.9 Å². The van der Waals surface area contributed by atoms with Crippen LogP contribution in [0.1, 0.15) is 40.3 Å². The van der Waals surface area contributed by atoms with E-state index in [1.807, 2.05) is 53.9 Å². The average molecular weight is 472 g/mol. The van der Waals surface area contributed by atoms with Gasteiger partial charge in [-0.25, -0.2) is 4.98 Å². The molecule has 0 bridgehead atoms. The quantitative estimate of drug-likeness (QED) is 0.279. The van der Waals surface area contributed by atoms with Gasteiger partial charge in [0.15, 0.2) is 0 Å². The number of nitrogens with zero attached hydrogens (tertiary/aromatic N) is 2. The van der Waals surface area contributed by atoms with Crippen molar-refractivity contribution < 1.29 is 4.79 Å². The van der Waals surface area contributed by atoms with Crippen molar-refractivity contribution in [3.63, 3.8) is 0 Å². The largest absolute Gasteiger partial charge is 0.351 e.